The van der Waals surface area contributed by atoms with Crippen LogP contribution >= 0.6 is 0 Å². The first-order valence-corrected chi connectivity index (χ1v) is 6.97. The zero-order valence-electron chi connectivity index (χ0n) is 12.2. The molecule has 3 aromatic rings. The first-order valence-electron chi connectivity index (χ1n) is 6.97. The molecule has 7 heteroatoms. The van der Waals surface area contributed by atoms with Crippen LogP contribution in [0, 0.1) is 5.82 Å². The second-order valence-electron chi connectivity index (χ2n) is 5.02. The van der Waals surface area contributed by atoms with Crippen LogP contribution in [-0.4, -0.2) is 22.0 Å². The minimum Gasteiger partial charge on any atom is -0.478 e. The molecule has 0 aliphatic heterocycles. The van der Waals surface area contributed by atoms with Crippen molar-refractivity contribution in [2.24, 2.45) is 0 Å². The Morgan fingerprint density at radius 3 is 2.70 bits per heavy atom. The molecule has 1 atom stereocenters. The summed E-state index contributed by atoms with van der Waals surface area (Å²) in [5, 5.41) is 2.66. The summed E-state index contributed by atoms with van der Waals surface area (Å²) in [6, 6.07) is 10.8. The molecule has 1 amide bonds. The molecule has 23 heavy (non-hydrogen) atoms. The lowest BCUT2D eigenvalue weighted by atomic mass is 10.2. The first kappa shape index (κ1) is 14.8. The molecule has 0 fully saturated rings. The number of imidazole rings is 1. The fourth-order valence-corrected chi connectivity index (χ4v) is 2.14. The van der Waals surface area contributed by atoms with Crippen molar-refractivity contribution in [1.82, 2.24) is 9.97 Å². The normalized spacial score (nSPS) is 12.1. The summed E-state index contributed by atoms with van der Waals surface area (Å²) in [6.07, 6.45) is -0.882. The average molecular weight is 315 g/mol. The Morgan fingerprint density at radius 2 is 1.91 bits per heavy atom. The van der Waals surface area contributed by atoms with Gasteiger partial charge in [-0.25, -0.2) is 9.18 Å². The van der Waals surface area contributed by atoms with Crippen molar-refractivity contribution in [3.63, 3.8) is 0 Å². The molecule has 118 valence electrons. The molecular weight excluding hydrogens is 301 g/mol. The molecule has 0 radical (unpaired) electrons. The third-order valence-corrected chi connectivity index (χ3v) is 3.29. The third-order valence-electron chi connectivity index (χ3n) is 3.29. The van der Waals surface area contributed by atoms with Gasteiger partial charge in [0.2, 0.25) is 0 Å². The minimum atomic E-state index is -0.882. The van der Waals surface area contributed by atoms with Gasteiger partial charge in [-0.1, -0.05) is 12.1 Å². The second kappa shape index (κ2) is 5.96. The van der Waals surface area contributed by atoms with E-state index < -0.39 is 17.8 Å². The fourth-order valence-electron chi connectivity index (χ4n) is 2.14. The number of halogens is 1. The zero-order chi connectivity index (χ0) is 16.4. The molecule has 0 saturated carbocycles. The van der Waals surface area contributed by atoms with Gasteiger partial charge < -0.3 is 20.0 Å². The molecule has 0 aliphatic rings. The standard InChI is InChI=1S/C16H14FN3O3/c1-9(23-14-5-3-2-4-11(14)17)15(21)18-10-6-7-12-13(8-10)20-16(22)19-12/h2-9H,1H3,(H,18,21)(H2,19,20,22)/t9-/m1/s1. The van der Waals surface area contributed by atoms with Crippen molar-refractivity contribution in [3.8, 4) is 5.75 Å². The highest BCUT2D eigenvalue weighted by Gasteiger charge is 2.16. The van der Waals surface area contributed by atoms with Crippen LogP contribution in [0.3, 0.4) is 0 Å². The van der Waals surface area contributed by atoms with E-state index in [1.165, 1.54) is 19.1 Å². The Labute approximate surface area is 130 Å². The van der Waals surface area contributed by atoms with Crippen LogP contribution < -0.4 is 15.7 Å². The van der Waals surface area contributed by atoms with Gasteiger partial charge in [0.1, 0.15) is 0 Å². The number of carbonyl (C=O) groups excluding carboxylic acids is 1. The molecule has 0 spiro atoms. The second-order valence-corrected chi connectivity index (χ2v) is 5.02. The number of nitrogens with one attached hydrogen (secondary N) is 3. The van der Waals surface area contributed by atoms with Crippen LogP contribution in [0.4, 0.5) is 10.1 Å². The molecule has 0 unspecified atom stereocenters. The van der Waals surface area contributed by atoms with Crippen LogP contribution in [0.25, 0.3) is 11.0 Å². The summed E-state index contributed by atoms with van der Waals surface area (Å²) in [5.74, 6) is -0.940. The molecule has 3 N–H and O–H groups in total. The molecule has 0 saturated heterocycles. The molecule has 0 aliphatic carbocycles. The van der Waals surface area contributed by atoms with Gasteiger partial charge in [0.25, 0.3) is 5.91 Å². The smallest absolute Gasteiger partial charge is 0.323 e. The number of benzene rings is 2. The highest BCUT2D eigenvalue weighted by molar-refractivity contribution is 5.95. The monoisotopic (exact) mass is 315 g/mol. The van der Waals surface area contributed by atoms with Crippen LogP contribution in [0.5, 0.6) is 5.75 Å². The number of carbonyl (C=O) groups is 1. The third kappa shape index (κ3) is 3.23. The van der Waals surface area contributed by atoms with Crippen LogP contribution in [0.2, 0.25) is 0 Å². The van der Waals surface area contributed by atoms with E-state index in [2.05, 4.69) is 15.3 Å². The number of hydrogen-bond donors (Lipinski definition) is 3. The SMILES string of the molecule is C[C@@H](Oc1ccccc1F)C(=O)Nc1ccc2[nH]c(=O)[nH]c2c1. The van der Waals surface area contributed by atoms with Gasteiger partial charge in [0.15, 0.2) is 17.7 Å². The van der Waals surface area contributed by atoms with Gasteiger partial charge in [-0.05, 0) is 37.3 Å². The molecule has 1 aromatic heterocycles. The van der Waals surface area contributed by atoms with E-state index in [0.29, 0.717) is 16.7 Å². The van der Waals surface area contributed by atoms with E-state index >= 15 is 0 Å². The Kier molecular flexibility index (Phi) is 3.84. The minimum absolute atomic E-state index is 0.0144. The number of fused-ring (bicyclic) bond motifs is 1. The summed E-state index contributed by atoms with van der Waals surface area (Å²) >= 11 is 0. The molecule has 0 bridgehead atoms. The summed E-state index contributed by atoms with van der Waals surface area (Å²) in [7, 11) is 0. The predicted octanol–water partition coefficient (Wildman–Crippen LogP) is 2.40. The molecular formula is C16H14FN3O3. The Bertz CT molecular complexity index is 916. The molecule has 6 nitrogen and oxygen atoms in total. The Balaban J connectivity index is 1.72. The maximum atomic E-state index is 13.5. The topological polar surface area (TPSA) is 87.0 Å². The Morgan fingerprint density at radius 1 is 1.17 bits per heavy atom. The van der Waals surface area contributed by atoms with E-state index in [1.54, 1.807) is 30.3 Å². The van der Waals surface area contributed by atoms with Gasteiger partial charge in [-0.2, -0.15) is 0 Å². The van der Waals surface area contributed by atoms with Crippen LogP contribution in [0.15, 0.2) is 47.3 Å². The van der Waals surface area contributed by atoms with Crippen LogP contribution in [0.1, 0.15) is 6.92 Å². The van der Waals surface area contributed by atoms with Crippen molar-refractivity contribution in [3.05, 3.63) is 58.8 Å². The van der Waals surface area contributed by atoms with Gasteiger partial charge in [-0.3, -0.25) is 4.79 Å². The van der Waals surface area contributed by atoms with Gasteiger partial charge in [-0.15, -0.1) is 0 Å². The number of para-hydroxylation sites is 1. The molecule has 2 aromatic carbocycles. The number of aromatic nitrogens is 2. The van der Waals surface area contributed by atoms with Crippen molar-refractivity contribution < 1.29 is 13.9 Å². The number of ether oxygens (including phenoxy) is 1. The summed E-state index contributed by atoms with van der Waals surface area (Å²) < 4.78 is 18.8. The average Bonchev–Trinajstić information content (AvgIpc) is 2.88. The lowest BCUT2D eigenvalue weighted by Crippen LogP contribution is -2.30. The van der Waals surface area contributed by atoms with Crippen molar-refractivity contribution >= 4 is 22.6 Å². The van der Waals surface area contributed by atoms with E-state index in [4.69, 9.17) is 4.74 Å². The maximum absolute atomic E-state index is 13.5. The number of H-pyrrole nitrogens is 2. The van der Waals surface area contributed by atoms with E-state index in [0.717, 1.165) is 0 Å². The Hall–Kier alpha value is -3.09. The highest BCUT2D eigenvalue weighted by atomic mass is 19.1. The molecule has 3 rings (SSSR count). The quantitative estimate of drug-likeness (QED) is 0.691. The van der Waals surface area contributed by atoms with Crippen molar-refractivity contribution in [2.75, 3.05) is 5.32 Å². The fraction of sp³-hybridized carbons (Fsp3) is 0.125. The lowest BCUT2D eigenvalue weighted by molar-refractivity contribution is -0.122. The maximum Gasteiger partial charge on any atom is 0.323 e. The number of hydrogen-bond acceptors (Lipinski definition) is 3. The van der Waals surface area contributed by atoms with Crippen molar-refractivity contribution in [2.45, 2.75) is 13.0 Å². The van der Waals surface area contributed by atoms with Gasteiger partial charge >= 0.3 is 5.69 Å². The first-order chi connectivity index (χ1) is 11.0. The number of anilines is 1. The van der Waals surface area contributed by atoms with E-state index in [-0.39, 0.29) is 11.4 Å². The lowest BCUT2D eigenvalue weighted by Gasteiger charge is -2.15. The summed E-state index contributed by atoms with van der Waals surface area (Å²) in [4.78, 5) is 28.6. The number of amides is 1. The largest absolute Gasteiger partial charge is 0.478 e. The summed E-state index contributed by atoms with van der Waals surface area (Å²) in [5.41, 5.74) is 1.40. The number of rotatable bonds is 4. The highest BCUT2D eigenvalue weighted by Crippen LogP contribution is 2.18. The zero-order valence-corrected chi connectivity index (χ0v) is 12.2. The van der Waals surface area contributed by atoms with Gasteiger partial charge in [0, 0.05) is 5.69 Å². The summed E-state index contributed by atoms with van der Waals surface area (Å²) in [6.45, 7) is 1.53. The van der Waals surface area contributed by atoms with Crippen molar-refractivity contribution in [1.29, 1.82) is 0 Å². The van der Waals surface area contributed by atoms with Crippen LogP contribution in [-0.2, 0) is 4.79 Å². The van der Waals surface area contributed by atoms with Gasteiger partial charge in [0.05, 0.1) is 11.0 Å². The number of aromatic amines is 2. The predicted molar refractivity (Wildman–Crippen MR) is 84.0 cm³/mol. The van der Waals surface area contributed by atoms with E-state index in [1.807, 2.05) is 0 Å². The molecule has 1 heterocycles. The van der Waals surface area contributed by atoms with E-state index in [9.17, 15) is 14.0 Å².